The van der Waals surface area contributed by atoms with Gasteiger partial charge in [-0.15, -0.1) is 0 Å². The predicted octanol–water partition coefficient (Wildman–Crippen LogP) is 1.56. The predicted molar refractivity (Wildman–Crippen MR) is 60.6 cm³/mol. The monoisotopic (exact) mass is 266 g/mol. The van der Waals surface area contributed by atoms with E-state index in [4.69, 9.17) is 5.11 Å². The summed E-state index contributed by atoms with van der Waals surface area (Å²) in [7, 11) is 0. The SMILES string of the molecule is O=C(O)c1cc([N+](=O)[O-])cnc1Sc1ncc[nH]1. The van der Waals surface area contributed by atoms with Gasteiger partial charge in [0.25, 0.3) is 5.69 Å². The Morgan fingerprint density at radius 3 is 2.83 bits per heavy atom. The molecule has 18 heavy (non-hydrogen) atoms. The first kappa shape index (κ1) is 12.0. The van der Waals surface area contributed by atoms with Crippen LogP contribution in [0.25, 0.3) is 0 Å². The Hall–Kier alpha value is -2.42. The number of H-pyrrole nitrogens is 1. The second-order valence-electron chi connectivity index (χ2n) is 3.10. The third-order valence-corrected chi connectivity index (χ3v) is 2.88. The first-order valence-electron chi connectivity index (χ1n) is 4.63. The number of hydrogen-bond donors (Lipinski definition) is 2. The minimum absolute atomic E-state index is 0.142. The van der Waals surface area contributed by atoms with Gasteiger partial charge in [0.2, 0.25) is 0 Å². The van der Waals surface area contributed by atoms with Gasteiger partial charge in [-0.05, 0) is 11.8 Å². The molecule has 0 aromatic carbocycles. The Labute approximate surface area is 104 Å². The highest BCUT2D eigenvalue weighted by molar-refractivity contribution is 7.99. The molecule has 0 aliphatic carbocycles. The van der Waals surface area contributed by atoms with Crippen molar-refractivity contribution in [3.05, 3.63) is 40.3 Å². The first-order valence-corrected chi connectivity index (χ1v) is 5.44. The highest BCUT2D eigenvalue weighted by Gasteiger charge is 2.18. The van der Waals surface area contributed by atoms with E-state index < -0.39 is 10.9 Å². The lowest BCUT2D eigenvalue weighted by atomic mass is 10.3. The summed E-state index contributed by atoms with van der Waals surface area (Å²) >= 11 is 0.988. The number of nitro groups is 1. The molecule has 2 heterocycles. The van der Waals surface area contributed by atoms with E-state index >= 15 is 0 Å². The maximum Gasteiger partial charge on any atom is 0.338 e. The summed E-state index contributed by atoms with van der Waals surface area (Å²) in [6, 6.07) is 0.973. The van der Waals surface area contributed by atoms with Crippen molar-refractivity contribution in [3.63, 3.8) is 0 Å². The van der Waals surface area contributed by atoms with E-state index in [1.54, 1.807) is 6.20 Å². The fourth-order valence-corrected chi connectivity index (χ4v) is 1.96. The van der Waals surface area contributed by atoms with Gasteiger partial charge in [0.05, 0.1) is 10.5 Å². The molecule has 2 rings (SSSR count). The van der Waals surface area contributed by atoms with Crippen molar-refractivity contribution in [2.24, 2.45) is 0 Å². The van der Waals surface area contributed by atoms with E-state index in [1.165, 1.54) is 6.20 Å². The number of nitrogens with one attached hydrogen (secondary N) is 1. The van der Waals surface area contributed by atoms with Crippen molar-refractivity contribution < 1.29 is 14.8 Å². The molecule has 92 valence electrons. The van der Waals surface area contributed by atoms with Crippen LogP contribution in [0.1, 0.15) is 10.4 Å². The summed E-state index contributed by atoms with van der Waals surface area (Å²) in [5.41, 5.74) is -0.596. The van der Waals surface area contributed by atoms with Crippen LogP contribution in [0.3, 0.4) is 0 Å². The van der Waals surface area contributed by atoms with Crippen LogP contribution in [0.5, 0.6) is 0 Å². The van der Waals surface area contributed by atoms with Gasteiger partial charge in [-0.3, -0.25) is 10.1 Å². The van der Waals surface area contributed by atoms with Gasteiger partial charge in [0, 0.05) is 18.5 Å². The number of aromatic nitrogens is 3. The molecule has 8 nitrogen and oxygen atoms in total. The number of carbonyl (C=O) groups is 1. The highest BCUT2D eigenvalue weighted by Crippen LogP contribution is 2.28. The summed E-state index contributed by atoms with van der Waals surface area (Å²) in [6.07, 6.45) is 4.10. The van der Waals surface area contributed by atoms with E-state index in [2.05, 4.69) is 15.0 Å². The molecule has 2 N–H and O–H groups in total. The fraction of sp³-hybridized carbons (Fsp3) is 0. The summed E-state index contributed by atoms with van der Waals surface area (Å²) < 4.78 is 0. The Morgan fingerprint density at radius 1 is 1.50 bits per heavy atom. The molecule has 0 aliphatic rings. The number of imidazole rings is 1. The molecule has 2 aromatic rings. The van der Waals surface area contributed by atoms with E-state index in [-0.39, 0.29) is 16.3 Å². The highest BCUT2D eigenvalue weighted by atomic mass is 32.2. The summed E-state index contributed by atoms with van der Waals surface area (Å²) in [6.45, 7) is 0. The fourth-order valence-electron chi connectivity index (χ4n) is 1.17. The van der Waals surface area contributed by atoms with Crippen LogP contribution >= 0.6 is 11.8 Å². The topological polar surface area (TPSA) is 122 Å². The number of nitrogens with zero attached hydrogens (tertiary/aromatic N) is 3. The van der Waals surface area contributed by atoms with Crippen molar-refractivity contribution in [2.45, 2.75) is 10.2 Å². The van der Waals surface area contributed by atoms with Crippen LogP contribution in [0, 0.1) is 10.1 Å². The molecule has 0 radical (unpaired) electrons. The average molecular weight is 266 g/mol. The molecule has 2 aromatic heterocycles. The van der Waals surface area contributed by atoms with Crippen molar-refractivity contribution in [1.29, 1.82) is 0 Å². The number of aromatic amines is 1. The molecule has 0 unspecified atom stereocenters. The minimum atomic E-state index is -1.28. The maximum absolute atomic E-state index is 11.0. The molecule has 0 saturated heterocycles. The number of aromatic carboxylic acids is 1. The quantitative estimate of drug-likeness (QED) is 0.635. The molecular formula is C9H6N4O4S. The minimum Gasteiger partial charge on any atom is -0.478 e. The molecule has 0 aliphatic heterocycles. The molecule has 0 spiro atoms. The summed E-state index contributed by atoms with van der Waals surface area (Å²) in [4.78, 5) is 31.3. The van der Waals surface area contributed by atoms with Crippen LogP contribution in [-0.4, -0.2) is 31.0 Å². The smallest absolute Gasteiger partial charge is 0.338 e. The van der Waals surface area contributed by atoms with Crippen molar-refractivity contribution >= 4 is 23.4 Å². The van der Waals surface area contributed by atoms with Gasteiger partial charge in [-0.1, -0.05) is 0 Å². The van der Waals surface area contributed by atoms with Crippen LogP contribution in [0.15, 0.2) is 34.8 Å². The number of carboxylic acids is 1. The molecular weight excluding hydrogens is 260 g/mol. The Kier molecular flexibility index (Phi) is 3.24. The van der Waals surface area contributed by atoms with Crippen LogP contribution in [-0.2, 0) is 0 Å². The average Bonchev–Trinajstić information content (AvgIpc) is 2.81. The van der Waals surface area contributed by atoms with Crippen molar-refractivity contribution in [3.8, 4) is 0 Å². The van der Waals surface area contributed by atoms with Crippen LogP contribution in [0.2, 0.25) is 0 Å². The number of pyridine rings is 1. The largest absolute Gasteiger partial charge is 0.478 e. The zero-order valence-corrected chi connectivity index (χ0v) is 9.55. The van der Waals surface area contributed by atoms with Gasteiger partial charge in [-0.25, -0.2) is 14.8 Å². The lowest BCUT2D eigenvalue weighted by molar-refractivity contribution is -0.385. The second kappa shape index (κ2) is 4.84. The normalized spacial score (nSPS) is 10.2. The third-order valence-electron chi connectivity index (χ3n) is 1.94. The molecule has 9 heteroatoms. The van der Waals surface area contributed by atoms with E-state index in [0.717, 1.165) is 24.0 Å². The number of carboxylic acid groups (broad SMARTS) is 1. The zero-order chi connectivity index (χ0) is 13.1. The molecule has 0 amide bonds. The third kappa shape index (κ3) is 2.46. The van der Waals surface area contributed by atoms with Gasteiger partial charge in [0.1, 0.15) is 11.2 Å². The van der Waals surface area contributed by atoms with Gasteiger partial charge >= 0.3 is 5.97 Å². The van der Waals surface area contributed by atoms with E-state index in [9.17, 15) is 14.9 Å². The Balaban J connectivity index is 2.40. The lowest BCUT2D eigenvalue weighted by Gasteiger charge is -2.02. The summed E-state index contributed by atoms with van der Waals surface area (Å²) in [5.74, 6) is -1.28. The Bertz CT molecular complexity index is 599. The second-order valence-corrected chi connectivity index (χ2v) is 4.08. The van der Waals surface area contributed by atoms with Gasteiger partial charge < -0.3 is 10.1 Å². The molecule has 0 fully saturated rings. The first-order chi connectivity index (χ1) is 8.58. The lowest BCUT2D eigenvalue weighted by Crippen LogP contribution is -2.03. The van der Waals surface area contributed by atoms with Crippen molar-refractivity contribution in [2.75, 3.05) is 0 Å². The molecule has 0 bridgehead atoms. The number of hydrogen-bond acceptors (Lipinski definition) is 6. The zero-order valence-electron chi connectivity index (χ0n) is 8.73. The van der Waals surface area contributed by atoms with E-state index in [0.29, 0.717) is 5.16 Å². The maximum atomic E-state index is 11.0. The van der Waals surface area contributed by atoms with Gasteiger partial charge in [-0.2, -0.15) is 0 Å². The Morgan fingerprint density at radius 2 is 2.28 bits per heavy atom. The summed E-state index contributed by atoms with van der Waals surface area (Å²) in [5, 5.41) is 20.1. The van der Waals surface area contributed by atoms with E-state index in [1.807, 2.05) is 0 Å². The molecule has 0 saturated carbocycles. The number of rotatable bonds is 4. The standard InChI is InChI=1S/C9H6N4O4S/c14-8(15)6-3-5(13(16)17)4-12-7(6)18-9-10-1-2-11-9/h1-4H,(H,10,11)(H,14,15). The van der Waals surface area contributed by atoms with Gasteiger partial charge in [0.15, 0.2) is 5.16 Å². The van der Waals surface area contributed by atoms with Crippen molar-refractivity contribution in [1.82, 2.24) is 15.0 Å². The van der Waals surface area contributed by atoms with Crippen LogP contribution in [0.4, 0.5) is 5.69 Å². The molecule has 0 atom stereocenters. The van der Waals surface area contributed by atoms with Crippen LogP contribution < -0.4 is 0 Å².